The molecule has 0 aliphatic rings. The van der Waals surface area contributed by atoms with Crippen molar-refractivity contribution in [1.29, 1.82) is 5.26 Å². The molecule has 0 aliphatic carbocycles. The van der Waals surface area contributed by atoms with Gasteiger partial charge in [0.05, 0.1) is 11.3 Å². The van der Waals surface area contributed by atoms with Crippen LogP contribution >= 0.6 is 11.8 Å². The van der Waals surface area contributed by atoms with Gasteiger partial charge in [0, 0.05) is 18.0 Å². The number of ether oxygens (including phenoxy) is 1. The molecule has 0 saturated carbocycles. The van der Waals surface area contributed by atoms with Crippen LogP contribution in [0, 0.1) is 11.3 Å². The summed E-state index contributed by atoms with van der Waals surface area (Å²) in [7, 11) is 0. The van der Waals surface area contributed by atoms with E-state index in [0.717, 1.165) is 16.3 Å². The summed E-state index contributed by atoms with van der Waals surface area (Å²) in [5, 5.41) is 15.2. The smallest absolute Gasteiger partial charge is 0.407 e. The summed E-state index contributed by atoms with van der Waals surface area (Å²) in [6.07, 6.45) is -0.440. The second-order valence-corrected chi connectivity index (χ2v) is 6.88. The van der Waals surface area contributed by atoms with Gasteiger partial charge in [0.1, 0.15) is 11.7 Å². The number of thioether (sulfide) groups is 1. The molecule has 1 aromatic rings. The van der Waals surface area contributed by atoms with Gasteiger partial charge in [0.15, 0.2) is 0 Å². The van der Waals surface area contributed by atoms with Crippen LogP contribution in [0.2, 0.25) is 0 Å². The van der Waals surface area contributed by atoms with Crippen molar-refractivity contribution < 1.29 is 9.53 Å². The first-order chi connectivity index (χ1) is 10.4. The maximum atomic E-state index is 11.5. The highest BCUT2D eigenvalue weighted by Gasteiger charge is 2.15. The van der Waals surface area contributed by atoms with Gasteiger partial charge >= 0.3 is 6.09 Å². The van der Waals surface area contributed by atoms with Crippen molar-refractivity contribution in [1.82, 2.24) is 5.32 Å². The van der Waals surface area contributed by atoms with Crippen LogP contribution in [0.25, 0.3) is 0 Å². The largest absolute Gasteiger partial charge is 0.444 e. The third-order valence-corrected chi connectivity index (χ3v) is 3.49. The van der Waals surface area contributed by atoms with Gasteiger partial charge in [-0.3, -0.25) is 0 Å². The number of carbonyl (C=O) groups excluding carboxylic acids is 1. The maximum Gasteiger partial charge on any atom is 0.407 e. The number of nitriles is 1. The Balaban J connectivity index is 2.51. The predicted molar refractivity (Wildman–Crippen MR) is 90.3 cm³/mol. The summed E-state index contributed by atoms with van der Waals surface area (Å²) in [5.41, 5.74) is 0.926. The number of hydrogen-bond donors (Lipinski definition) is 2. The molecule has 0 radical (unpaired) electrons. The van der Waals surface area contributed by atoms with Crippen molar-refractivity contribution in [3.05, 3.63) is 23.8 Å². The van der Waals surface area contributed by atoms with Gasteiger partial charge in [0.2, 0.25) is 0 Å². The molecule has 1 aromatic carbocycles. The molecule has 0 aliphatic heterocycles. The van der Waals surface area contributed by atoms with Crippen molar-refractivity contribution in [3.8, 4) is 6.07 Å². The van der Waals surface area contributed by atoms with E-state index in [1.165, 1.54) is 0 Å². The molecule has 0 heterocycles. The van der Waals surface area contributed by atoms with Gasteiger partial charge in [0.25, 0.3) is 0 Å². The molecule has 0 fully saturated rings. The molecule has 120 valence electrons. The molecule has 0 bridgehead atoms. The minimum Gasteiger partial charge on any atom is -0.444 e. The van der Waals surface area contributed by atoms with Crippen LogP contribution in [0.1, 0.15) is 33.3 Å². The van der Waals surface area contributed by atoms with E-state index in [0.29, 0.717) is 18.7 Å². The normalized spacial score (nSPS) is 10.7. The summed E-state index contributed by atoms with van der Waals surface area (Å²) >= 11 is 1.64. The molecule has 0 saturated heterocycles. The Bertz CT molecular complexity index is 547. The van der Waals surface area contributed by atoms with Gasteiger partial charge in [-0.1, -0.05) is 13.0 Å². The molecule has 1 rings (SSSR count). The zero-order valence-electron chi connectivity index (χ0n) is 13.5. The summed E-state index contributed by atoms with van der Waals surface area (Å²) in [5.74, 6) is 0.915. The number of alkyl carbamates (subject to hydrolysis) is 1. The Labute approximate surface area is 136 Å². The molecule has 0 aromatic heterocycles. The average molecular weight is 321 g/mol. The highest BCUT2D eigenvalue weighted by molar-refractivity contribution is 7.99. The van der Waals surface area contributed by atoms with E-state index in [4.69, 9.17) is 4.74 Å². The molecule has 0 atom stereocenters. The third kappa shape index (κ3) is 6.27. The number of benzene rings is 1. The summed E-state index contributed by atoms with van der Waals surface area (Å²) in [6, 6.07) is 7.96. The fourth-order valence-corrected chi connectivity index (χ4v) is 2.53. The molecule has 2 N–H and O–H groups in total. The number of rotatable bonds is 6. The first kappa shape index (κ1) is 18.2. The summed E-state index contributed by atoms with van der Waals surface area (Å²) < 4.78 is 5.15. The Hall–Kier alpha value is -1.87. The first-order valence-corrected chi connectivity index (χ1v) is 8.22. The molecular weight excluding hydrogens is 298 g/mol. The molecular formula is C16H23N3O2S. The van der Waals surface area contributed by atoms with Gasteiger partial charge in [-0.25, -0.2) is 4.79 Å². The zero-order chi connectivity index (χ0) is 16.6. The maximum absolute atomic E-state index is 11.5. The Morgan fingerprint density at radius 2 is 2.09 bits per heavy atom. The molecule has 22 heavy (non-hydrogen) atoms. The van der Waals surface area contributed by atoms with E-state index in [1.54, 1.807) is 11.8 Å². The van der Waals surface area contributed by atoms with E-state index in [1.807, 2.05) is 39.0 Å². The van der Waals surface area contributed by atoms with Crippen LogP contribution < -0.4 is 10.6 Å². The van der Waals surface area contributed by atoms with Crippen LogP contribution in [-0.4, -0.2) is 30.5 Å². The van der Waals surface area contributed by atoms with E-state index in [2.05, 4.69) is 23.6 Å². The van der Waals surface area contributed by atoms with E-state index < -0.39 is 11.7 Å². The van der Waals surface area contributed by atoms with Crippen molar-refractivity contribution in [2.45, 2.75) is 38.2 Å². The first-order valence-electron chi connectivity index (χ1n) is 7.24. The lowest BCUT2D eigenvalue weighted by molar-refractivity contribution is 0.0530. The minimum atomic E-state index is -0.503. The lowest BCUT2D eigenvalue weighted by atomic mass is 10.2. The fourth-order valence-electron chi connectivity index (χ4n) is 1.75. The lowest BCUT2D eigenvalue weighted by Crippen LogP contribution is -2.35. The van der Waals surface area contributed by atoms with E-state index in [-0.39, 0.29) is 0 Å². The van der Waals surface area contributed by atoms with Gasteiger partial charge in [-0.15, -0.1) is 11.8 Å². The van der Waals surface area contributed by atoms with Gasteiger partial charge in [-0.05, 0) is 38.7 Å². The fraction of sp³-hybridized carbons (Fsp3) is 0.500. The Kier molecular flexibility index (Phi) is 7.06. The van der Waals surface area contributed by atoms with Crippen LogP contribution in [0.15, 0.2) is 23.1 Å². The number of carbonyl (C=O) groups is 1. The van der Waals surface area contributed by atoms with Crippen molar-refractivity contribution in [3.63, 3.8) is 0 Å². The SMILES string of the molecule is CCSc1cccc(NCCNC(=O)OC(C)(C)C)c1C#N. The monoisotopic (exact) mass is 321 g/mol. The standard InChI is InChI=1S/C16H23N3O2S/c1-5-22-14-8-6-7-13(12(14)11-17)18-9-10-19-15(20)21-16(2,3)4/h6-8,18H,5,9-10H2,1-4H3,(H,19,20). The van der Waals surface area contributed by atoms with Crippen LogP contribution in [0.5, 0.6) is 0 Å². The second-order valence-electron chi connectivity index (χ2n) is 5.58. The topological polar surface area (TPSA) is 74.2 Å². The minimum absolute atomic E-state index is 0.422. The second kappa shape index (κ2) is 8.54. The predicted octanol–water partition coefficient (Wildman–Crippen LogP) is 3.61. The number of nitrogens with one attached hydrogen (secondary N) is 2. The highest BCUT2D eigenvalue weighted by Crippen LogP contribution is 2.27. The summed E-state index contributed by atoms with van der Waals surface area (Å²) in [4.78, 5) is 12.5. The molecule has 1 amide bonds. The number of anilines is 1. The van der Waals surface area contributed by atoms with Gasteiger partial charge in [-0.2, -0.15) is 5.26 Å². The van der Waals surface area contributed by atoms with Crippen molar-refractivity contribution >= 4 is 23.5 Å². The van der Waals surface area contributed by atoms with Crippen LogP contribution in [0.4, 0.5) is 10.5 Å². The molecule has 6 heteroatoms. The van der Waals surface area contributed by atoms with Gasteiger partial charge < -0.3 is 15.4 Å². The Morgan fingerprint density at radius 1 is 1.36 bits per heavy atom. The molecule has 5 nitrogen and oxygen atoms in total. The number of nitrogens with zero attached hydrogens (tertiary/aromatic N) is 1. The van der Waals surface area contributed by atoms with E-state index in [9.17, 15) is 10.1 Å². The number of hydrogen-bond acceptors (Lipinski definition) is 5. The zero-order valence-corrected chi connectivity index (χ0v) is 14.3. The molecule has 0 spiro atoms. The van der Waals surface area contributed by atoms with Crippen molar-refractivity contribution in [2.24, 2.45) is 0 Å². The lowest BCUT2D eigenvalue weighted by Gasteiger charge is -2.19. The Morgan fingerprint density at radius 3 is 2.68 bits per heavy atom. The molecule has 0 unspecified atom stereocenters. The quantitative estimate of drug-likeness (QED) is 0.618. The van der Waals surface area contributed by atoms with E-state index >= 15 is 0 Å². The third-order valence-electron chi connectivity index (χ3n) is 2.55. The summed E-state index contributed by atoms with van der Waals surface area (Å²) in [6.45, 7) is 8.46. The average Bonchev–Trinajstić information content (AvgIpc) is 2.42. The highest BCUT2D eigenvalue weighted by atomic mass is 32.2. The van der Waals surface area contributed by atoms with Crippen LogP contribution in [-0.2, 0) is 4.74 Å². The van der Waals surface area contributed by atoms with Crippen molar-refractivity contribution in [2.75, 3.05) is 24.2 Å². The number of amides is 1. The van der Waals surface area contributed by atoms with Crippen LogP contribution in [0.3, 0.4) is 0 Å².